The Labute approximate surface area is 134 Å². The molecule has 2 rings (SSSR count). The number of ether oxygens (including phenoxy) is 2. The Hall–Kier alpha value is -2.61. The van der Waals surface area contributed by atoms with Gasteiger partial charge in [-0.3, -0.25) is 0 Å². The van der Waals surface area contributed by atoms with E-state index in [0.717, 1.165) is 18.3 Å². The van der Waals surface area contributed by atoms with E-state index in [1.807, 2.05) is 0 Å². The van der Waals surface area contributed by atoms with Crippen LogP contribution in [0.2, 0.25) is 5.02 Å². The zero-order chi connectivity index (χ0) is 17.4. The maximum Gasteiger partial charge on any atom is 0.350 e. The lowest BCUT2D eigenvalue weighted by Crippen LogP contribution is -2.42. The summed E-state index contributed by atoms with van der Waals surface area (Å²) >= 11 is 5.78. The number of aromatic carboxylic acids is 1. The maximum atomic E-state index is 13.4. The first-order chi connectivity index (χ1) is 10.6. The van der Waals surface area contributed by atoms with E-state index in [9.17, 15) is 18.8 Å². The van der Waals surface area contributed by atoms with Crippen molar-refractivity contribution in [2.24, 2.45) is 0 Å². The van der Waals surface area contributed by atoms with E-state index in [1.54, 1.807) is 0 Å². The molecule has 1 heterocycles. The third-order valence-corrected chi connectivity index (χ3v) is 3.09. The summed E-state index contributed by atoms with van der Waals surface area (Å²) in [4.78, 5) is 34.4. The Morgan fingerprint density at radius 3 is 2.39 bits per heavy atom. The molecule has 1 aromatic rings. The number of carbonyl (C=O) groups is 3. The fraction of sp³-hybridized carbons (Fsp3) is 0.214. The summed E-state index contributed by atoms with van der Waals surface area (Å²) < 4.78 is 23.2. The van der Waals surface area contributed by atoms with Crippen LogP contribution in [-0.2, 0) is 19.1 Å². The monoisotopic (exact) mass is 343 g/mol. The van der Waals surface area contributed by atoms with Crippen molar-refractivity contribution >= 4 is 35.2 Å². The van der Waals surface area contributed by atoms with Gasteiger partial charge < -0.3 is 19.9 Å². The van der Waals surface area contributed by atoms with Crippen molar-refractivity contribution in [1.29, 1.82) is 0 Å². The van der Waals surface area contributed by atoms with E-state index in [0.29, 0.717) is 0 Å². The van der Waals surface area contributed by atoms with Gasteiger partial charge in [-0.25, -0.2) is 18.8 Å². The molecule has 0 radical (unpaired) electrons. The number of nitrogens with one attached hydrogen (secondary N) is 1. The van der Waals surface area contributed by atoms with Gasteiger partial charge in [0.2, 0.25) is 0 Å². The molecule has 122 valence electrons. The van der Waals surface area contributed by atoms with Crippen molar-refractivity contribution in [2.45, 2.75) is 19.6 Å². The number of carbonyl (C=O) groups excluding carboxylic acids is 2. The van der Waals surface area contributed by atoms with Crippen LogP contribution < -0.4 is 5.32 Å². The lowest BCUT2D eigenvalue weighted by atomic mass is 10.2. The molecule has 23 heavy (non-hydrogen) atoms. The number of hydrogen-bond donors (Lipinski definition) is 2. The molecule has 1 aliphatic heterocycles. The number of esters is 2. The summed E-state index contributed by atoms with van der Waals surface area (Å²) in [7, 11) is 0. The fourth-order valence-corrected chi connectivity index (χ4v) is 1.96. The van der Waals surface area contributed by atoms with Crippen molar-refractivity contribution < 1.29 is 33.4 Å². The minimum absolute atomic E-state index is 0.0107. The number of halogens is 2. The summed E-state index contributed by atoms with van der Waals surface area (Å²) in [6.07, 6.45) is 0.949. The third kappa shape index (κ3) is 3.59. The molecule has 1 fully saturated rings. The number of benzene rings is 1. The van der Waals surface area contributed by atoms with Crippen LogP contribution in [0.25, 0.3) is 0 Å². The van der Waals surface area contributed by atoms with Gasteiger partial charge in [-0.05, 0) is 12.1 Å². The first-order valence-electron chi connectivity index (χ1n) is 6.26. The van der Waals surface area contributed by atoms with Crippen LogP contribution in [0.4, 0.5) is 10.1 Å². The normalized spacial score (nSPS) is 16.4. The number of anilines is 1. The van der Waals surface area contributed by atoms with E-state index >= 15 is 0 Å². The van der Waals surface area contributed by atoms with Gasteiger partial charge in [0.1, 0.15) is 5.82 Å². The molecule has 0 bridgehead atoms. The summed E-state index contributed by atoms with van der Waals surface area (Å²) in [6.45, 7) is 2.78. The molecule has 0 atom stereocenters. The molecular weight excluding hydrogens is 333 g/mol. The highest BCUT2D eigenvalue weighted by atomic mass is 35.5. The van der Waals surface area contributed by atoms with Gasteiger partial charge in [0.05, 0.1) is 16.3 Å². The molecule has 0 spiro atoms. The van der Waals surface area contributed by atoms with E-state index in [2.05, 4.69) is 5.32 Å². The Bertz CT molecular complexity index is 721. The minimum atomic E-state index is -1.49. The first kappa shape index (κ1) is 16.8. The lowest BCUT2D eigenvalue weighted by molar-refractivity contribution is -0.222. The molecule has 0 amide bonds. The zero-order valence-corrected chi connectivity index (χ0v) is 12.7. The lowest BCUT2D eigenvalue weighted by Gasteiger charge is -2.29. The van der Waals surface area contributed by atoms with Crippen LogP contribution in [0, 0.1) is 5.82 Å². The molecular formula is C14H11ClFNO6. The number of hydrogen-bond acceptors (Lipinski definition) is 6. The Kier molecular flexibility index (Phi) is 4.28. The molecule has 9 heteroatoms. The Balaban J connectivity index is 2.30. The molecule has 1 saturated heterocycles. The van der Waals surface area contributed by atoms with Crippen molar-refractivity contribution in [3.63, 3.8) is 0 Å². The molecule has 0 saturated carbocycles. The standard InChI is InChI=1S/C14H11ClFNO6/c1-14(2)22-12(20)7(13(21)23-14)5-17-10-3-6(11(18)19)9(16)4-8(10)15/h3-5,17H,1-2H3,(H,18,19). The van der Waals surface area contributed by atoms with Crippen LogP contribution in [0.3, 0.4) is 0 Å². The van der Waals surface area contributed by atoms with Gasteiger partial charge in [-0.1, -0.05) is 11.6 Å². The predicted octanol–water partition coefficient (Wildman–Crippen LogP) is 2.31. The first-order valence-corrected chi connectivity index (χ1v) is 6.64. The van der Waals surface area contributed by atoms with Gasteiger partial charge in [-0.2, -0.15) is 0 Å². The second-order valence-corrected chi connectivity index (χ2v) is 5.41. The molecule has 1 aliphatic rings. The van der Waals surface area contributed by atoms with E-state index in [1.165, 1.54) is 13.8 Å². The third-order valence-electron chi connectivity index (χ3n) is 2.78. The second-order valence-electron chi connectivity index (χ2n) is 5.00. The summed E-state index contributed by atoms with van der Waals surface area (Å²) in [5.74, 6) is -5.73. The van der Waals surface area contributed by atoms with Crippen molar-refractivity contribution in [3.05, 3.63) is 40.3 Å². The quantitative estimate of drug-likeness (QED) is 0.493. The number of rotatable bonds is 3. The fourth-order valence-electron chi connectivity index (χ4n) is 1.75. The largest absolute Gasteiger partial charge is 0.478 e. The van der Waals surface area contributed by atoms with Crippen molar-refractivity contribution in [3.8, 4) is 0 Å². The Morgan fingerprint density at radius 1 is 1.30 bits per heavy atom. The predicted molar refractivity (Wildman–Crippen MR) is 76.3 cm³/mol. The van der Waals surface area contributed by atoms with Crippen LogP contribution in [0.1, 0.15) is 24.2 Å². The van der Waals surface area contributed by atoms with Crippen molar-refractivity contribution in [2.75, 3.05) is 5.32 Å². The second kappa shape index (κ2) is 5.88. The van der Waals surface area contributed by atoms with Crippen LogP contribution in [-0.4, -0.2) is 28.8 Å². The Morgan fingerprint density at radius 2 is 1.87 bits per heavy atom. The highest BCUT2D eigenvalue weighted by Crippen LogP contribution is 2.27. The summed E-state index contributed by atoms with van der Waals surface area (Å²) in [6, 6.07) is 1.73. The molecule has 2 N–H and O–H groups in total. The average molecular weight is 344 g/mol. The van der Waals surface area contributed by atoms with Gasteiger partial charge in [0.25, 0.3) is 5.79 Å². The average Bonchev–Trinajstić information content (AvgIpc) is 2.37. The molecule has 0 aromatic heterocycles. The highest BCUT2D eigenvalue weighted by Gasteiger charge is 2.39. The zero-order valence-electron chi connectivity index (χ0n) is 12.0. The summed E-state index contributed by atoms with van der Waals surface area (Å²) in [5.41, 5.74) is -1.07. The molecule has 0 aliphatic carbocycles. The van der Waals surface area contributed by atoms with E-state index in [-0.39, 0.29) is 10.7 Å². The highest BCUT2D eigenvalue weighted by molar-refractivity contribution is 6.33. The van der Waals surface area contributed by atoms with Crippen LogP contribution in [0.5, 0.6) is 0 Å². The van der Waals surface area contributed by atoms with Gasteiger partial charge in [0, 0.05) is 20.0 Å². The van der Waals surface area contributed by atoms with E-state index < -0.39 is 40.6 Å². The topological polar surface area (TPSA) is 102 Å². The number of cyclic esters (lactones) is 2. The van der Waals surface area contributed by atoms with Gasteiger partial charge in [0.15, 0.2) is 5.57 Å². The molecule has 7 nitrogen and oxygen atoms in total. The SMILES string of the molecule is CC1(C)OC(=O)C(=CNc2cc(C(=O)O)c(F)cc2Cl)C(=O)O1. The molecule has 1 aromatic carbocycles. The van der Waals surface area contributed by atoms with Crippen molar-refractivity contribution in [1.82, 2.24) is 0 Å². The van der Waals surface area contributed by atoms with Crippen LogP contribution in [0.15, 0.2) is 23.9 Å². The maximum absolute atomic E-state index is 13.4. The smallest absolute Gasteiger partial charge is 0.350 e. The molecule has 0 unspecified atom stereocenters. The number of carboxylic acids is 1. The van der Waals surface area contributed by atoms with Gasteiger partial charge in [-0.15, -0.1) is 0 Å². The minimum Gasteiger partial charge on any atom is -0.478 e. The van der Waals surface area contributed by atoms with E-state index in [4.69, 9.17) is 26.2 Å². The van der Waals surface area contributed by atoms with Gasteiger partial charge >= 0.3 is 17.9 Å². The summed E-state index contributed by atoms with van der Waals surface area (Å²) in [5, 5.41) is 11.2. The van der Waals surface area contributed by atoms with Crippen LogP contribution >= 0.6 is 11.6 Å². The number of carboxylic acid groups (broad SMARTS) is 1.